The Morgan fingerprint density at radius 2 is 1.87 bits per heavy atom. The van der Waals surface area contributed by atoms with Crippen molar-refractivity contribution < 1.29 is 23.8 Å². The third kappa shape index (κ3) is 4.53. The predicted octanol–water partition coefficient (Wildman–Crippen LogP) is 4.99. The first-order valence-corrected chi connectivity index (χ1v) is 10.6. The number of ketones is 1. The van der Waals surface area contributed by atoms with Crippen LogP contribution in [0, 0.1) is 6.92 Å². The first kappa shape index (κ1) is 21.9. The Morgan fingerprint density at radius 3 is 2.57 bits per heavy atom. The van der Waals surface area contributed by atoms with Crippen molar-refractivity contribution in [3.8, 4) is 11.5 Å². The van der Waals surface area contributed by atoms with E-state index in [2.05, 4.69) is 11.9 Å². The molecule has 0 saturated heterocycles. The first-order valence-electron chi connectivity index (χ1n) is 10.6. The molecule has 6 heteroatoms. The van der Waals surface area contributed by atoms with Crippen LogP contribution in [0.3, 0.4) is 0 Å². The molecule has 2 aromatic rings. The highest BCUT2D eigenvalue weighted by Crippen LogP contribution is 2.38. The van der Waals surface area contributed by atoms with Gasteiger partial charge >= 0.3 is 5.97 Å². The van der Waals surface area contributed by atoms with Crippen molar-refractivity contribution >= 4 is 11.8 Å². The Morgan fingerprint density at radius 1 is 1.10 bits per heavy atom. The van der Waals surface area contributed by atoms with Gasteiger partial charge in [-0.05, 0) is 48.9 Å². The zero-order valence-electron chi connectivity index (χ0n) is 18.3. The summed E-state index contributed by atoms with van der Waals surface area (Å²) in [5.74, 6) is 0.980. The van der Waals surface area contributed by atoms with E-state index in [0.717, 1.165) is 36.9 Å². The van der Waals surface area contributed by atoms with Crippen LogP contribution in [0.4, 0.5) is 0 Å². The van der Waals surface area contributed by atoms with Crippen molar-refractivity contribution in [1.29, 1.82) is 0 Å². The smallest absolute Gasteiger partial charge is 0.355 e. The number of Topliss-reactive ketones (excluding diaryl/α,β-unsaturated/α-hetero) is 1. The highest BCUT2D eigenvalue weighted by molar-refractivity contribution is 6.03. The van der Waals surface area contributed by atoms with Crippen LogP contribution < -0.4 is 9.47 Å². The number of hydrogen-bond donors (Lipinski definition) is 1. The van der Waals surface area contributed by atoms with Gasteiger partial charge in [-0.1, -0.05) is 32.3 Å². The summed E-state index contributed by atoms with van der Waals surface area (Å²) in [5.41, 5.74) is 3.56. The lowest BCUT2D eigenvalue weighted by Gasteiger charge is -2.23. The fourth-order valence-corrected chi connectivity index (χ4v) is 4.15. The molecule has 1 aliphatic carbocycles. The number of H-pyrrole nitrogens is 1. The fourth-order valence-electron chi connectivity index (χ4n) is 4.15. The number of carbonyl (C=O) groups is 2. The van der Waals surface area contributed by atoms with E-state index in [4.69, 9.17) is 14.2 Å². The Labute approximate surface area is 177 Å². The molecule has 3 rings (SSSR count). The fraction of sp³-hybridized carbons (Fsp3) is 0.500. The van der Waals surface area contributed by atoms with Crippen LogP contribution in [0.2, 0.25) is 0 Å². The van der Waals surface area contributed by atoms with Crippen LogP contribution in [-0.2, 0) is 11.2 Å². The third-order valence-corrected chi connectivity index (χ3v) is 5.80. The zero-order chi connectivity index (χ0) is 21.7. The average molecular weight is 414 g/mol. The quantitative estimate of drug-likeness (QED) is 0.463. The lowest BCUT2D eigenvalue weighted by atomic mass is 9.81. The predicted molar refractivity (Wildman–Crippen MR) is 115 cm³/mol. The lowest BCUT2D eigenvalue weighted by molar-refractivity contribution is 0.0490. The van der Waals surface area contributed by atoms with E-state index < -0.39 is 0 Å². The van der Waals surface area contributed by atoms with Gasteiger partial charge in [0.2, 0.25) is 0 Å². The van der Waals surface area contributed by atoms with Gasteiger partial charge in [-0.25, -0.2) is 4.79 Å². The number of methoxy groups -OCH3 is 2. The second kappa shape index (κ2) is 9.83. The van der Waals surface area contributed by atoms with Gasteiger partial charge in [0.25, 0.3) is 0 Å². The lowest BCUT2D eigenvalue weighted by Crippen LogP contribution is -2.18. The number of rotatable bonds is 9. The number of carbonyl (C=O) groups excluding carboxylic acids is 2. The van der Waals surface area contributed by atoms with Gasteiger partial charge in [-0.15, -0.1) is 0 Å². The Hall–Kier alpha value is -2.76. The molecule has 0 amide bonds. The van der Waals surface area contributed by atoms with E-state index in [1.54, 1.807) is 14.2 Å². The van der Waals surface area contributed by atoms with E-state index in [1.807, 2.05) is 25.1 Å². The van der Waals surface area contributed by atoms with Crippen LogP contribution in [0.25, 0.3) is 0 Å². The van der Waals surface area contributed by atoms with Gasteiger partial charge in [0, 0.05) is 17.7 Å². The highest BCUT2D eigenvalue weighted by atomic mass is 16.5. The molecular weight excluding hydrogens is 382 g/mol. The molecule has 0 aliphatic heterocycles. The molecule has 6 nitrogen and oxygen atoms in total. The van der Waals surface area contributed by atoms with Crippen LogP contribution in [0.5, 0.6) is 11.5 Å². The Balaban J connectivity index is 1.76. The topological polar surface area (TPSA) is 77.6 Å². The number of ether oxygens (including phenoxy) is 3. The Bertz CT molecular complexity index is 915. The number of aromatic nitrogens is 1. The number of fused-ring (bicyclic) bond motifs is 1. The van der Waals surface area contributed by atoms with Gasteiger partial charge in [0.15, 0.2) is 17.3 Å². The molecule has 0 radical (unpaired) electrons. The Kier molecular flexibility index (Phi) is 7.19. The minimum atomic E-state index is -0.381. The zero-order valence-corrected chi connectivity index (χ0v) is 18.3. The molecule has 1 aliphatic rings. The number of nitrogens with one attached hydrogen (secondary N) is 1. The maximum absolute atomic E-state index is 12.9. The van der Waals surface area contributed by atoms with Crippen molar-refractivity contribution in [2.45, 2.75) is 58.3 Å². The summed E-state index contributed by atoms with van der Waals surface area (Å²) in [4.78, 5) is 28.6. The first-order chi connectivity index (χ1) is 14.5. The maximum atomic E-state index is 12.9. The van der Waals surface area contributed by atoms with Gasteiger partial charge in [-0.2, -0.15) is 0 Å². The molecule has 162 valence electrons. The molecule has 1 aromatic carbocycles. The molecule has 0 unspecified atom stereocenters. The van der Waals surface area contributed by atoms with Crippen molar-refractivity contribution in [2.75, 3.05) is 20.8 Å². The number of esters is 1. The molecule has 0 bridgehead atoms. The summed E-state index contributed by atoms with van der Waals surface area (Å²) in [6.07, 6.45) is 5.24. The van der Waals surface area contributed by atoms with Gasteiger partial charge in [0.05, 0.1) is 20.8 Å². The molecule has 1 atom stereocenters. The number of aromatic amines is 1. The van der Waals surface area contributed by atoms with Crippen LogP contribution in [-0.4, -0.2) is 37.6 Å². The minimum absolute atomic E-state index is 0.0146. The van der Waals surface area contributed by atoms with Crippen LogP contribution >= 0.6 is 0 Å². The third-order valence-electron chi connectivity index (χ3n) is 5.80. The highest BCUT2D eigenvalue weighted by Gasteiger charge is 2.32. The summed E-state index contributed by atoms with van der Waals surface area (Å²) in [6, 6.07) is 5.74. The second-order valence-corrected chi connectivity index (χ2v) is 7.82. The van der Waals surface area contributed by atoms with Gasteiger partial charge < -0.3 is 19.2 Å². The molecule has 1 aromatic heterocycles. The molecule has 1 heterocycles. The number of unbranched alkanes of at least 4 members (excludes halogenated alkanes) is 3. The normalized spacial score (nSPS) is 15.6. The largest absolute Gasteiger partial charge is 0.493 e. The van der Waals surface area contributed by atoms with Crippen LogP contribution in [0.15, 0.2) is 18.2 Å². The summed E-state index contributed by atoms with van der Waals surface area (Å²) >= 11 is 0. The summed E-state index contributed by atoms with van der Waals surface area (Å²) in [7, 11) is 3.19. The summed E-state index contributed by atoms with van der Waals surface area (Å²) in [5, 5.41) is 0. The van der Waals surface area contributed by atoms with E-state index in [0.29, 0.717) is 47.8 Å². The molecule has 30 heavy (non-hydrogen) atoms. The van der Waals surface area contributed by atoms with Gasteiger partial charge in [-0.3, -0.25) is 4.79 Å². The van der Waals surface area contributed by atoms with Crippen molar-refractivity contribution in [3.63, 3.8) is 0 Å². The van der Waals surface area contributed by atoms with Crippen molar-refractivity contribution in [1.82, 2.24) is 4.98 Å². The molecule has 0 saturated carbocycles. The summed E-state index contributed by atoms with van der Waals surface area (Å²) < 4.78 is 16.1. The van der Waals surface area contributed by atoms with E-state index in [-0.39, 0.29) is 17.7 Å². The van der Waals surface area contributed by atoms with E-state index in [1.165, 1.54) is 0 Å². The standard InChI is InChI=1S/C24H31NO5/c1-5-6-7-8-11-30-24(27)23-15(2)22-18(25-23)12-17(13-19(22)26)16-9-10-20(28-3)21(14-16)29-4/h9-10,14,17,25H,5-8,11-13H2,1-4H3/t17-/m1/s1. The summed E-state index contributed by atoms with van der Waals surface area (Å²) in [6.45, 7) is 4.37. The average Bonchev–Trinajstić information content (AvgIpc) is 3.09. The van der Waals surface area contributed by atoms with Crippen LogP contribution in [0.1, 0.15) is 82.6 Å². The minimum Gasteiger partial charge on any atom is -0.493 e. The second-order valence-electron chi connectivity index (χ2n) is 7.82. The number of hydrogen-bond acceptors (Lipinski definition) is 5. The van der Waals surface area contributed by atoms with Crippen molar-refractivity contribution in [2.24, 2.45) is 0 Å². The molecule has 0 fully saturated rings. The number of benzene rings is 1. The van der Waals surface area contributed by atoms with E-state index in [9.17, 15) is 9.59 Å². The van der Waals surface area contributed by atoms with Crippen molar-refractivity contribution in [3.05, 3.63) is 46.3 Å². The molecule has 1 N–H and O–H groups in total. The SMILES string of the molecule is CCCCCCOC(=O)c1[nH]c2c(c1C)C(=O)C[C@H](c1ccc(OC)c(OC)c1)C2. The van der Waals surface area contributed by atoms with Gasteiger partial charge in [0.1, 0.15) is 5.69 Å². The maximum Gasteiger partial charge on any atom is 0.355 e. The van der Waals surface area contributed by atoms with E-state index >= 15 is 0 Å². The molecular formula is C24H31NO5. The monoisotopic (exact) mass is 413 g/mol. The molecule has 0 spiro atoms.